The molecule has 90 valence electrons. The number of hydrogen-bond donors (Lipinski definition) is 2. The zero-order valence-corrected chi connectivity index (χ0v) is 10.3. The minimum absolute atomic E-state index is 0.105. The van der Waals surface area contributed by atoms with Crippen molar-refractivity contribution >= 4 is 5.91 Å². The average molecular weight is 215 g/mol. The van der Waals surface area contributed by atoms with Gasteiger partial charge in [0.15, 0.2) is 0 Å². The van der Waals surface area contributed by atoms with E-state index in [0.717, 1.165) is 38.9 Å². The topological polar surface area (TPSA) is 44.4 Å². The van der Waals surface area contributed by atoms with Crippen LogP contribution in [0.15, 0.2) is 0 Å². The molecule has 0 spiro atoms. The van der Waals surface area contributed by atoms with Gasteiger partial charge in [0.05, 0.1) is 6.54 Å². The van der Waals surface area contributed by atoms with E-state index in [-0.39, 0.29) is 5.91 Å². The smallest absolute Gasteiger partial charge is 0.233 e. The molecule has 0 aromatic rings. The molecule has 0 rings (SSSR count). The lowest BCUT2D eigenvalue weighted by molar-refractivity contribution is -0.120. The van der Waals surface area contributed by atoms with E-state index in [1.807, 2.05) is 0 Å². The number of amides is 1. The van der Waals surface area contributed by atoms with Gasteiger partial charge in [-0.25, -0.2) is 0 Å². The molecule has 4 heteroatoms. The normalized spacial score (nSPS) is 10.7. The summed E-state index contributed by atoms with van der Waals surface area (Å²) in [6.45, 7) is 5.33. The molecule has 0 unspecified atom stereocenters. The molecular formula is C11H25N3O. The molecule has 1 amide bonds. The fourth-order valence-electron chi connectivity index (χ4n) is 1.22. The third kappa shape index (κ3) is 11.3. The number of carbonyl (C=O) groups is 1. The summed E-state index contributed by atoms with van der Waals surface area (Å²) in [6.07, 6.45) is 3.25. The van der Waals surface area contributed by atoms with E-state index < -0.39 is 0 Å². The van der Waals surface area contributed by atoms with Gasteiger partial charge in [-0.3, -0.25) is 4.79 Å². The van der Waals surface area contributed by atoms with Crippen LogP contribution in [-0.4, -0.2) is 51.1 Å². The Hall–Kier alpha value is -0.610. The molecule has 15 heavy (non-hydrogen) atoms. The Balaban J connectivity index is 3.17. The second-order valence-corrected chi connectivity index (χ2v) is 4.04. The van der Waals surface area contributed by atoms with Crippen LogP contribution in [0.25, 0.3) is 0 Å². The van der Waals surface area contributed by atoms with Crippen molar-refractivity contribution in [1.29, 1.82) is 0 Å². The SMILES string of the molecule is CCCNCC(=O)NCCCCN(C)C. The number of carbonyl (C=O) groups excluding carboxylic acids is 1. The molecule has 0 atom stereocenters. The number of rotatable bonds is 9. The molecule has 0 bridgehead atoms. The Bertz CT molecular complexity index is 160. The molecule has 0 aromatic heterocycles. The Labute approximate surface area is 93.4 Å². The number of hydrogen-bond acceptors (Lipinski definition) is 3. The van der Waals surface area contributed by atoms with Crippen molar-refractivity contribution in [2.24, 2.45) is 0 Å². The highest BCUT2D eigenvalue weighted by Gasteiger charge is 1.98. The summed E-state index contributed by atoms with van der Waals surface area (Å²) in [5.74, 6) is 0.105. The first-order valence-electron chi connectivity index (χ1n) is 5.79. The fraction of sp³-hybridized carbons (Fsp3) is 0.909. The van der Waals surface area contributed by atoms with Crippen LogP contribution < -0.4 is 10.6 Å². The zero-order valence-electron chi connectivity index (χ0n) is 10.3. The van der Waals surface area contributed by atoms with Gasteiger partial charge >= 0.3 is 0 Å². The summed E-state index contributed by atoms with van der Waals surface area (Å²) >= 11 is 0. The number of unbranched alkanes of at least 4 members (excludes halogenated alkanes) is 1. The average Bonchev–Trinajstić information content (AvgIpc) is 2.17. The molecule has 0 aliphatic heterocycles. The maximum absolute atomic E-state index is 11.2. The molecule has 0 aliphatic carbocycles. The Morgan fingerprint density at radius 2 is 1.93 bits per heavy atom. The summed E-state index contributed by atoms with van der Waals surface area (Å²) in [6, 6.07) is 0. The molecule has 0 saturated carbocycles. The van der Waals surface area contributed by atoms with Crippen LogP contribution in [-0.2, 0) is 4.79 Å². The Kier molecular flexibility index (Phi) is 9.52. The lowest BCUT2D eigenvalue weighted by atomic mass is 10.3. The highest BCUT2D eigenvalue weighted by molar-refractivity contribution is 5.77. The van der Waals surface area contributed by atoms with Crippen LogP contribution in [0.4, 0.5) is 0 Å². The molecule has 0 aliphatic rings. The van der Waals surface area contributed by atoms with E-state index in [0.29, 0.717) is 6.54 Å². The Morgan fingerprint density at radius 1 is 1.20 bits per heavy atom. The van der Waals surface area contributed by atoms with Crippen molar-refractivity contribution in [3.63, 3.8) is 0 Å². The van der Waals surface area contributed by atoms with E-state index in [2.05, 4.69) is 36.6 Å². The lowest BCUT2D eigenvalue weighted by Gasteiger charge is -2.09. The second kappa shape index (κ2) is 9.93. The maximum atomic E-state index is 11.2. The van der Waals surface area contributed by atoms with Crippen LogP contribution in [0, 0.1) is 0 Å². The van der Waals surface area contributed by atoms with Crippen molar-refractivity contribution in [2.75, 3.05) is 40.3 Å². The molecule has 0 heterocycles. The molecular weight excluding hydrogens is 190 g/mol. The van der Waals surface area contributed by atoms with Gasteiger partial charge in [-0.05, 0) is 46.4 Å². The summed E-state index contributed by atoms with van der Waals surface area (Å²) in [4.78, 5) is 13.4. The highest BCUT2D eigenvalue weighted by atomic mass is 16.1. The van der Waals surface area contributed by atoms with E-state index in [1.165, 1.54) is 0 Å². The van der Waals surface area contributed by atoms with Crippen molar-refractivity contribution < 1.29 is 4.79 Å². The molecule has 0 fully saturated rings. The van der Waals surface area contributed by atoms with E-state index in [1.54, 1.807) is 0 Å². The summed E-state index contributed by atoms with van der Waals surface area (Å²) in [7, 11) is 4.13. The van der Waals surface area contributed by atoms with E-state index in [4.69, 9.17) is 0 Å². The lowest BCUT2D eigenvalue weighted by Crippen LogP contribution is -2.34. The Morgan fingerprint density at radius 3 is 2.53 bits per heavy atom. The first-order chi connectivity index (χ1) is 7.16. The van der Waals surface area contributed by atoms with Crippen molar-refractivity contribution in [3.8, 4) is 0 Å². The zero-order chi connectivity index (χ0) is 11.5. The van der Waals surface area contributed by atoms with Crippen LogP contribution in [0.5, 0.6) is 0 Å². The van der Waals surface area contributed by atoms with Crippen molar-refractivity contribution in [1.82, 2.24) is 15.5 Å². The van der Waals surface area contributed by atoms with Crippen molar-refractivity contribution in [2.45, 2.75) is 26.2 Å². The third-order valence-corrected chi connectivity index (χ3v) is 2.07. The molecule has 2 N–H and O–H groups in total. The largest absolute Gasteiger partial charge is 0.355 e. The van der Waals surface area contributed by atoms with Gasteiger partial charge in [-0.2, -0.15) is 0 Å². The van der Waals surface area contributed by atoms with E-state index in [9.17, 15) is 4.79 Å². The minimum Gasteiger partial charge on any atom is -0.355 e. The maximum Gasteiger partial charge on any atom is 0.233 e. The molecule has 4 nitrogen and oxygen atoms in total. The minimum atomic E-state index is 0.105. The first kappa shape index (κ1) is 14.4. The fourth-order valence-corrected chi connectivity index (χ4v) is 1.22. The molecule has 0 aromatic carbocycles. The van der Waals surface area contributed by atoms with Crippen LogP contribution in [0.3, 0.4) is 0 Å². The van der Waals surface area contributed by atoms with Gasteiger partial charge in [0.1, 0.15) is 0 Å². The van der Waals surface area contributed by atoms with Gasteiger partial charge in [0.2, 0.25) is 5.91 Å². The van der Waals surface area contributed by atoms with Gasteiger partial charge in [0, 0.05) is 6.54 Å². The van der Waals surface area contributed by atoms with Gasteiger partial charge in [-0.15, -0.1) is 0 Å². The predicted molar refractivity (Wildman–Crippen MR) is 64.0 cm³/mol. The number of nitrogens with zero attached hydrogens (tertiary/aromatic N) is 1. The van der Waals surface area contributed by atoms with Crippen LogP contribution in [0.2, 0.25) is 0 Å². The van der Waals surface area contributed by atoms with Gasteiger partial charge in [0.25, 0.3) is 0 Å². The first-order valence-corrected chi connectivity index (χ1v) is 5.79. The van der Waals surface area contributed by atoms with Crippen LogP contribution >= 0.6 is 0 Å². The second-order valence-electron chi connectivity index (χ2n) is 4.04. The molecule has 0 saturated heterocycles. The third-order valence-electron chi connectivity index (χ3n) is 2.07. The van der Waals surface area contributed by atoms with Crippen LogP contribution in [0.1, 0.15) is 26.2 Å². The summed E-state index contributed by atoms with van der Waals surface area (Å²) in [5.41, 5.74) is 0. The number of nitrogens with one attached hydrogen (secondary N) is 2. The molecule has 0 radical (unpaired) electrons. The summed E-state index contributed by atoms with van der Waals surface area (Å²) < 4.78 is 0. The van der Waals surface area contributed by atoms with Crippen molar-refractivity contribution in [3.05, 3.63) is 0 Å². The predicted octanol–water partition coefficient (Wildman–Crippen LogP) is 0.444. The summed E-state index contributed by atoms with van der Waals surface area (Å²) in [5, 5.41) is 5.97. The standard InChI is InChI=1S/C11H25N3O/c1-4-7-12-10-11(15)13-8-5-6-9-14(2)3/h12H,4-10H2,1-3H3,(H,13,15). The quantitative estimate of drug-likeness (QED) is 0.549. The van der Waals surface area contributed by atoms with Gasteiger partial charge in [-0.1, -0.05) is 6.92 Å². The van der Waals surface area contributed by atoms with Gasteiger partial charge < -0.3 is 15.5 Å². The monoisotopic (exact) mass is 215 g/mol. The van der Waals surface area contributed by atoms with E-state index >= 15 is 0 Å². The highest BCUT2D eigenvalue weighted by Crippen LogP contribution is 1.88.